The zero-order valence-corrected chi connectivity index (χ0v) is 11.4. The second-order valence-corrected chi connectivity index (χ2v) is 5.90. The van der Waals surface area contributed by atoms with Crippen LogP contribution in [0.5, 0.6) is 0 Å². The van der Waals surface area contributed by atoms with Gasteiger partial charge in [-0.15, -0.1) is 0 Å². The quantitative estimate of drug-likeness (QED) is 0.433. The molecule has 7 heteroatoms. The number of fused-ring (bicyclic) bond motifs is 3. The van der Waals surface area contributed by atoms with Crippen LogP contribution in [-0.2, 0) is 23.7 Å². The Morgan fingerprint density at radius 3 is 2.16 bits per heavy atom. The number of oxime groups is 1. The summed E-state index contributed by atoms with van der Waals surface area (Å²) in [5.41, 5.74) is 0. The number of hydrogen-bond donors (Lipinski definition) is 1. The molecule has 5 atom stereocenters. The molecular weight excluding hydrogens is 254 g/mol. The molecule has 0 aromatic rings. The largest absolute Gasteiger partial charge is 0.411 e. The third-order valence-electron chi connectivity index (χ3n) is 3.40. The molecule has 0 bridgehead atoms. The lowest BCUT2D eigenvalue weighted by Crippen LogP contribution is -2.55. The molecule has 0 aromatic heterocycles. The molecule has 0 aromatic carbocycles. The lowest BCUT2D eigenvalue weighted by Gasteiger charge is -2.35. The van der Waals surface area contributed by atoms with E-state index in [-0.39, 0.29) is 18.3 Å². The minimum atomic E-state index is -0.735. The van der Waals surface area contributed by atoms with Gasteiger partial charge >= 0.3 is 0 Å². The van der Waals surface area contributed by atoms with E-state index in [2.05, 4.69) is 5.16 Å². The van der Waals surface area contributed by atoms with Gasteiger partial charge in [-0.05, 0) is 27.7 Å². The molecule has 0 unspecified atom stereocenters. The van der Waals surface area contributed by atoms with Crippen molar-refractivity contribution in [2.75, 3.05) is 0 Å². The molecule has 0 aliphatic carbocycles. The van der Waals surface area contributed by atoms with Crippen molar-refractivity contribution in [3.63, 3.8) is 0 Å². The first kappa shape index (κ1) is 13.3. The van der Waals surface area contributed by atoms with E-state index in [4.69, 9.17) is 28.9 Å². The fourth-order valence-electron chi connectivity index (χ4n) is 2.83. The lowest BCUT2D eigenvalue weighted by atomic mass is 10.00. The Morgan fingerprint density at radius 2 is 1.47 bits per heavy atom. The van der Waals surface area contributed by atoms with E-state index in [1.807, 2.05) is 27.7 Å². The van der Waals surface area contributed by atoms with Gasteiger partial charge in [0.15, 0.2) is 17.9 Å². The van der Waals surface area contributed by atoms with Crippen molar-refractivity contribution in [1.82, 2.24) is 0 Å². The second kappa shape index (κ2) is 4.13. The molecule has 3 rings (SSSR count). The van der Waals surface area contributed by atoms with Crippen molar-refractivity contribution in [2.45, 2.75) is 70.0 Å². The van der Waals surface area contributed by atoms with E-state index in [1.165, 1.54) is 6.21 Å². The average molecular weight is 273 g/mol. The minimum absolute atomic E-state index is 0.321. The van der Waals surface area contributed by atoms with Crippen LogP contribution in [0.3, 0.4) is 0 Å². The molecule has 0 amide bonds. The molecular formula is C12H19NO6. The van der Waals surface area contributed by atoms with Gasteiger partial charge in [-0.25, -0.2) is 0 Å². The first-order valence-corrected chi connectivity index (χ1v) is 6.36. The topological polar surface area (TPSA) is 78.7 Å². The summed E-state index contributed by atoms with van der Waals surface area (Å²) >= 11 is 0. The summed E-state index contributed by atoms with van der Waals surface area (Å²) < 4.78 is 28.9. The normalized spacial score (nSPS) is 47.3. The van der Waals surface area contributed by atoms with Gasteiger partial charge in [0, 0.05) is 0 Å². The zero-order chi connectivity index (χ0) is 13.8. The molecule has 3 aliphatic rings. The number of nitrogens with zero attached hydrogens (tertiary/aromatic N) is 1. The molecule has 3 aliphatic heterocycles. The first-order chi connectivity index (χ1) is 8.81. The van der Waals surface area contributed by atoms with Crippen LogP contribution in [0.25, 0.3) is 0 Å². The summed E-state index contributed by atoms with van der Waals surface area (Å²) in [7, 11) is 0. The predicted molar refractivity (Wildman–Crippen MR) is 62.8 cm³/mol. The van der Waals surface area contributed by atoms with Gasteiger partial charge < -0.3 is 28.9 Å². The van der Waals surface area contributed by atoms with E-state index in [9.17, 15) is 0 Å². The van der Waals surface area contributed by atoms with Crippen LogP contribution in [-0.4, -0.2) is 53.7 Å². The van der Waals surface area contributed by atoms with Gasteiger partial charge in [-0.3, -0.25) is 0 Å². The smallest absolute Gasteiger partial charge is 0.190 e. The van der Waals surface area contributed by atoms with Gasteiger partial charge in [-0.2, -0.15) is 0 Å². The van der Waals surface area contributed by atoms with Crippen LogP contribution in [0.2, 0.25) is 0 Å². The van der Waals surface area contributed by atoms with Crippen molar-refractivity contribution in [3.05, 3.63) is 0 Å². The van der Waals surface area contributed by atoms with E-state index in [0.29, 0.717) is 0 Å². The van der Waals surface area contributed by atoms with E-state index < -0.39 is 24.0 Å². The first-order valence-electron chi connectivity index (χ1n) is 6.36. The molecule has 0 saturated carbocycles. The molecule has 1 N–H and O–H groups in total. The fourth-order valence-corrected chi connectivity index (χ4v) is 2.83. The summed E-state index contributed by atoms with van der Waals surface area (Å²) in [6, 6.07) is 0. The molecule has 3 saturated heterocycles. The van der Waals surface area contributed by atoms with Crippen LogP contribution >= 0.6 is 0 Å². The van der Waals surface area contributed by atoms with E-state index in [0.717, 1.165) is 0 Å². The second-order valence-electron chi connectivity index (χ2n) is 5.90. The van der Waals surface area contributed by atoms with Crippen molar-refractivity contribution in [1.29, 1.82) is 0 Å². The Balaban J connectivity index is 1.88. The highest BCUT2D eigenvalue weighted by molar-refractivity contribution is 5.64. The van der Waals surface area contributed by atoms with Crippen LogP contribution in [0.15, 0.2) is 5.16 Å². The maximum Gasteiger partial charge on any atom is 0.190 e. The summed E-state index contributed by atoms with van der Waals surface area (Å²) in [5.74, 6) is -1.47. The van der Waals surface area contributed by atoms with Gasteiger partial charge in [0.2, 0.25) is 0 Å². The highest BCUT2D eigenvalue weighted by Gasteiger charge is 2.60. The van der Waals surface area contributed by atoms with Crippen LogP contribution in [0, 0.1) is 0 Å². The SMILES string of the molecule is CC1(C)O[C@H]2[C@@H](O1)[C@@H](/C=N/O)O[C@@H]1OC(C)(C)O[C@@H]12. The van der Waals surface area contributed by atoms with Gasteiger partial charge in [0.05, 0.1) is 6.21 Å². The van der Waals surface area contributed by atoms with Crippen molar-refractivity contribution >= 4 is 6.21 Å². The number of rotatable bonds is 1. The van der Waals surface area contributed by atoms with Crippen LogP contribution in [0.4, 0.5) is 0 Å². The Labute approximate surface area is 111 Å². The van der Waals surface area contributed by atoms with Crippen molar-refractivity contribution < 1.29 is 28.9 Å². The third kappa shape index (κ3) is 2.25. The monoisotopic (exact) mass is 273 g/mol. The summed E-state index contributed by atoms with van der Waals surface area (Å²) in [6.07, 6.45) is -0.867. The van der Waals surface area contributed by atoms with Gasteiger partial charge in [0.25, 0.3) is 0 Å². The lowest BCUT2D eigenvalue weighted by molar-refractivity contribution is -0.217. The van der Waals surface area contributed by atoms with Crippen LogP contribution in [0.1, 0.15) is 27.7 Å². The summed E-state index contributed by atoms with van der Waals surface area (Å²) in [5, 5.41) is 11.8. The number of hydrogen-bond acceptors (Lipinski definition) is 7. The molecule has 0 radical (unpaired) electrons. The Kier molecular flexibility index (Phi) is 2.88. The van der Waals surface area contributed by atoms with Gasteiger partial charge in [0.1, 0.15) is 24.4 Å². The molecule has 108 valence electrons. The van der Waals surface area contributed by atoms with Crippen molar-refractivity contribution in [2.24, 2.45) is 5.16 Å². The maximum absolute atomic E-state index is 8.73. The summed E-state index contributed by atoms with van der Waals surface area (Å²) in [4.78, 5) is 0. The molecule has 0 spiro atoms. The third-order valence-corrected chi connectivity index (χ3v) is 3.40. The average Bonchev–Trinajstić information content (AvgIpc) is 2.74. The fraction of sp³-hybridized carbons (Fsp3) is 0.917. The predicted octanol–water partition coefficient (Wildman–Crippen LogP) is 0.843. The highest BCUT2D eigenvalue weighted by Crippen LogP contribution is 2.43. The van der Waals surface area contributed by atoms with Crippen LogP contribution < -0.4 is 0 Å². The minimum Gasteiger partial charge on any atom is -0.411 e. The zero-order valence-electron chi connectivity index (χ0n) is 11.4. The number of ether oxygens (including phenoxy) is 5. The Bertz CT molecular complexity index is 396. The van der Waals surface area contributed by atoms with Gasteiger partial charge in [-0.1, -0.05) is 5.16 Å². The van der Waals surface area contributed by atoms with Crippen molar-refractivity contribution in [3.8, 4) is 0 Å². The van der Waals surface area contributed by atoms with E-state index >= 15 is 0 Å². The Morgan fingerprint density at radius 1 is 0.895 bits per heavy atom. The Hall–Kier alpha value is -0.730. The molecule has 19 heavy (non-hydrogen) atoms. The highest BCUT2D eigenvalue weighted by atomic mass is 16.9. The molecule has 3 heterocycles. The molecule has 7 nitrogen and oxygen atoms in total. The standard InChI is InChI=1S/C12H19NO6/c1-11(2)16-7-6(5-13-14)15-10-9(8(7)17-11)18-12(3,4)19-10/h5-10,14H,1-4H3/b13-5+/t6-,7+,8+,9-,10-/m1/s1. The maximum atomic E-state index is 8.73. The summed E-state index contributed by atoms with van der Waals surface area (Å²) in [6.45, 7) is 7.29. The van der Waals surface area contributed by atoms with E-state index in [1.54, 1.807) is 0 Å². The molecule has 3 fully saturated rings.